The summed E-state index contributed by atoms with van der Waals surface area (Å²) in [5.74, 6) is -1.53. The molecule has 8 nitrogen and oxygen atoms in total. The lowest BCUT2D eigenvalue weighted by Crippen LogP contribution is -2.26. The zero-order valence-corrected chi connectivity index (χ0v) is 18.0. The number of hydrogen-bond donors (Lipinski definition) is 2. The van der Waals surface area contributed by atoms with E-state index in [1.807, 2.05) is 0 Å². The molecule has 0 aliphatic carbocycles. The number of benzene rings is 1. The quantitative estimate of drug-likeness (QED) is 0.544. The molecule has 9 heteroatoms. The standard InChI is InChI=1S/C20H24N2O6S/c1-9-7-15(8-16(10(9)2)29(21,26)27)20(25)28-14(6)19(24)18-11(3)17(13(5)23)12(4)22-18/h7-8,14,22H,1-6H3,(H2,21,26,27). The van der Waals surface area contributed by atoms with Crippen molar-refractivity contribution in [3.8, 4) is 0 Å². The van der Waals surface area contributed by atoms with Crippen LogP contribution in [0, 0.1) is 27.7 Å². The highest BCUT2D eigenvalue weighted by Gasteiger charge is 2.27. The molecule has 29 heavy (non-hydrogen) atoms. The predicted octanol–water partition coefficient (Wildman–Crippen LogP) is 2.53. The van der Waals surface area contributed by atoms with Gasteiger partial charge in [0.15, 0.2) is 11.9 Å². The zero-order chi connectivity index (χ0) is 22.3. The van der Waals surface area contributed by atoms with Crippen molar-refractivity contribution in [3.05, 3.63) is 51.3 Å². The fourth-order valence-electron chi connectivity index (χ4n) is 3.25. The highest BCUT2D eigenvalue weighted by molar-refractivity contribution is 7.89. The number of ether oxygens (including phenoxy) is 1. The molecule has 1 aromatic carbocycles. The number of hydrogen-bond acceptors (Lipinski definition) is 6. The average molecular weight is 420 g/mol. The van der Waals surface area contributed by atoms with Crippen LogP contribution < -0.4 is 5.14 Å². The summed E-state index contributed by atoms with van der Waals surface area (Å²) in [5.41, 5.74) is 2.62. The van der Waals surface area contributed by atoms with Crippen LogP contribution in [-0.4, -0.2) is 37.0 Å². The summed E-state index contributed by atoms with van der Waals surface area (Å²) in [7, 11) is -4.03. The number of carbonyl (C=O) groups is 3. The van der Waals surface area contributed by atoms with Gasteiger partial charge < -0.3 is 9.72 Å². The molecule has 0 radical (unpaired) electrons. The summed E-state index contributed by atoms with van der Waals surface area (Å²) in [6.07, 6.45) is -1.15. The molecular formula is C20H24N2O6S. The zero-order valence-electron chi connectivity index (χ0n) is 17.2. The Labute approximate surface area is 169 Å². The van der Waals surface area contributed by atoms with Gasteiger partial charge in [0.2, 0.25) is 15.8 Å². The van der Waals surface area contributed by atoms with Crippen LogP contribution in [0.25, 0.3) is 0 Å². The number of esters is 1. The minimum atomic E-state index is -4.03. The Morgan fingerprint density at radius 3 is 2.14 bits per heavy atom. The molecule has 1 aromatic heterocycles. The van der Waals surface area contributed by atoms with E-state index in [1.165, 1.54) is 19.9 Å². The van der Waals surface area contributed by atoms with Gasteiger partial charge in [0.05, 0.1) is 16.2 Å². The van der Waals surface area contributed by atoms with Gasteiger partial charge in [0.25, 0.3) is 0 Å². The smallest absolute Gasteiger partial charge is 0.338 e. The van der Waals surface area contributed by atoms with Gasteiger partial charge in [-0.3, -0.25) is 9.59 Å². The van der Waals surface area contributed by atoms with Gasteiger partial charge in [0.1, 0.15) is 0 Å². The summed E-state index contributed by atoms with van der Waals surface area (Å²) in [6.45, 7) is 9.36. The number of ketones is 2. The van der Waals surface area contributed by atoms with Crippen LogP contribution in [0.1, 0.15) is 67.4 Å². The molecule has 2 aromatic rings. The van der Waals surface area contributed by atoms with Crippen molar-refractivity contribution in [1.29, 1.82) is 0 Å². The van der Waals surface area contributed by atoms with E-state index in [2.05, 4.69) is 4.98 Å². The van der Waals surface area contributed by atoms with Crippen molar-refractivity contribution < 1.29 is 27.5 Å². The fourth-order valence-corrected chi connectivity index (χ4v) is 4.13. The first-order chi connectivity index (χ1) is 13.3. The van der Waals surface area contributed by atoms with E-state index in [9.17, 15) is 22.8 Å². The van der Waals surface area contributed by atoms with Gasteiger partial charge in [-0.2, -0.15) is 0 Å². The Morgan fingerprint density at radius 2 is 1.66 bits per heavy atom. The largest absolute Gasteiger partial charge is 0.451 e. The van der Waals surface area contributed by atoms with Crippen LogP contribution in [0.5, 0.6) is 0 Å². The molecule has 1 unspecified atom stereocenters. The van der Waals surface area contributed by atoms with Crippen LogP contribution in [0.4, 0.5) is 0 Å². The second kappa shape index (κ2) is 7.92. The summed E-state index contributed by atoms with van der Waals surface area (Å²) in [4.78, 5) is 39.7. The molecule has 0 saturated carbocycles. The molecule has 3 N–H and O–H groups in total. The summed E-state index contributed by atoms with van der Waals surface area (Å²) in [6, 6.07) is 2.61. The van der Waals surface area contributed by atoms with Crippen molar-refractivity contribution in [3.63, 3.8) is 0 Å². The third-order valence-corrected chi connectivity index (χ3v) is 5.89. The second-order valence-electron chi connectivity index (χ2n) is 7.05. The normalized spacial score (nSPS) is 12.5. The number of carbonyl (C=O) groups excluding carboxylic acids is 3. The first-order valence-electron chi connectivity index (χ1n) is 8.85. The van der Waals surface area contributed by atoms with Crippen molar-refractivity contribution >= 4 is 27.6 Å². The first-order valence-corrected chi connectivity index (χ1v) is 10.4. The van der Waals surface area contributed by atoms with Crippen LogP contribution in [0.2, 0.25) is 0 Å². The van der Waals surface area contributed by atoms with E-state index < -0.39 is 27.9 Å². The van der Waals surface area contributed by atoms with Crippen molar-refractivity contribution in [2.75, 3.05) is 0 Å². The minimum absolute atomic E-state index is 0.0272. The SMILES string of the molecule is CC(=O)c1c(C)[nH]c(C(=O)C(C)OC(=O)c2cc(C)c(C)c(S(N)(=O)=O)c2)c1C. The lowest BCUT2D eigenvalue weighted by atomic mass is 10.0. The van der Waals surface area contributed by atoms with Crippen molar-refractivity contribution in [2.24, 2.45) is 5.14 Å². The van der Waals surface area contributed by atoms with Crippen LogP contribution in [-0.2, 0) is 14.8 Å². The number of aromatic nitrogens is 1. The Bertz CT molecular complexity index is 1130. The third kappa shape index (κ3) is 4.46. The number of primary sulfonamides is 1. The third-order valence-electron chi connectivity index (χ3n) is 4.85. The Balaban J connectivity index is 2.32. The summed E-state index contributed by atoms with van der Waals surface area (Å²) in [5, 5.41) is 5.21. The van der Waals surface area contributed by atoms with E-state index in [0.717, 1.165) is 6.07 Å². The molecule has 0 fully saturated rings. The molecular weight excluding hydrogens is 396 g/mol. The van der Waals surface area contributed by atoms with E-state index in [-0.39, 0.29) is 21.9 Å². The van der Waals surface area contributed by atoms with Gasteiger partial charge >= 0.3 is 5.97 Å². The predicted molar refractivity (Wildman–Crippen MR) is 107 cm³/mol. The highest BCUT2D eigenvalue weighted by Crippen LogP contribution is 2.23. The number of nitrogens with two attached hydrogens (primary N) is 1. The molecule has 0 aliphatic heterocycles. The van der Waals surface area contributed by atoms with Crippen LogP contribution in [0.3, 0.4) is 0 Å². The number of H-pyrrole nitrogens is 1. The van der Waals surface area contributed by atoms with E-state index in [1.54, 1.807) is 27.7 Å². The van der Waals surface area contributed by atoms with E-state index >= 15 is 0 Å². The first kappa shape index (κ1) is 22.5. The Kier molecular flexibility index (Phi) is 6.15. The van der Waals surface area contributed by atoms with Crippen molar-refractivity contribution in [1.82, 2.24) is 4.98 Å². The maximum Gasteiger partial charge on any atom is 0.338 e. The molecule has 2 rings (SSSR count). The number of sulfonamides is 1. The number of Topliss-reactive ketones (excluding diaryl/α,β-unsaturated/α-hetero) is 2. The van der Waals surface area contributed by atoms with Gasteiger partial charge in [-0.25, -0.2) is 18.4 Å². The van der Waals surface area contributed by atoms with E-state index in [4.69, 9.17) is 9.88 Å². The summed E-state index contributed by atoms with van der Waals surface area (Å²) < 4.78 is 28.8. The van der Waals surface area contributed by atoms with Crippen molar-refractivity contribution in [2.45, 2.75) is 52.5 Å². The maximum absolute atomic E-state index is 12.7. The molecule has 0 saturated heterocycles. The lowest BCUT2D eigenvalue weighted by molar-refractivity contribution is 0.0316. The monoisotopic (exact) mass is 420 g/mol. The number of nitrogens with one attached hydrogen (secondary N) is 1. The summed E-state index contributed by atoms with van der Waals surface area (Å²) >= 11 is 0. The molecule has 156 valence electrons. The van der Waals surface area contributed by atoms with Gasteiger partial charge in [-0.15, -0.1) is 0 Å². The molecule has 0 aliphatic rings. The van der Waals surface area contributed by atoms with E-state index in [0.29, 0.717) is 27.9 Å². The van der Waals surface area contributed by atoms with Gasteiger partial charge in [-0.05, 0) is 70.4 Å². The van der Waals surface area contributed by atoms with Crippen LogP contribution in [0.15, 0.2) is 17.0 Å². The van der Waals surface area contributed by atoms with Gasteiger partial charge in [0, 0.05) is 11.3 Å². The number of aryl methyl sites for hydroxylation is 2. The Morgan fingerprint density at radius 1 is 1.07 bits per heavy atom. The average Bonchev–Trinajstić information content (AvgIpc) is 2.89. The molecule has 0 amide bonds. The number of aromatic amines is 1. The molecule has 0 spiro atoms. The fraction of sp³-hybridized carbons (Fsp3) is 0.350. The van der Waals surface area contributed by atoms with Gasteiger partial charge in [-0.1, -0.05) is 0 Å². The lowest BCUT2D eigenvalue weighted by Gasteiger charge is -2.14. The Hall–Kier alpha value is -2.78. The topological polar surface area (TPSA) is 136 Å². The highest BCUT2D eigenvalue weighted by atomic mass is 32.2. The second-order valence-corrected chi connectivity index (χ2v) is 8.58. The molecule has 0 bridgehead atoms. The maximum atomic E-state index is 12.7. The molecule has 1 atom stereocenters. The van der Waals surface area contributed by atoms with Crippen LogP contribution >= 0.6 is 0 Å². The number of rotatable bonds is 6. The molecule has 1 heterocycles. The minimum Gasteiger partial charge on any atom is -0.451 e.